The van der Waals surface area contributed by atoms with Crippen LogP contribution in [0, 0.1) is 5.82 Å². The lowest BCUT2D eigenvalue weighted by Crippen LogP contribution is -2.33. The van der Waals surface area contributed by atoms with Crippen LogP contribution in [0.3, 0.4) is 0 Å². The van der Waals surface area contributed by atoms with Crippen LogP contribution in [0.5, 0.6) is 0 Å². The Labute approximate surface area is 127 Å². The Morgan fingerprint density at radius 2 is 1.90 bits per heavy atom. The molecule has 0 saturated carbocycles. The first-order valence-electron chi connectivity index (χ1n) is 6.63. The van der Waals surface area contributed by atoms with Crippen molar-refractivity contribution in [3.8, 4) is 0 Å². The number of likely N-dealkylation sites (N-methyl/N-ethyl adjacent to an activating group) is 1. The zero-order valence-electron chi connectivity index (χ0n) is 11.4. The molecule has 1 atom stereocenters. The van der Waals surface area contributed by atoms with Crippen LogP contribution in [0.1, 0.15) is 18.5 Å². The fraction of sp³-hybridized carbons (Fsp3) is 0.250. The van der Waals surface area contributed by atoms with Gasteiger partial charge in [0, 0.05) is 23.2 Å². The summed E-state index contributed by atoms with van der Waals surface area (Å²) in [5, 5.41) is 0. The van der Waals surface area contributed by atoms with Crippen LogP contribution in [-0.4, -0.2) is 13.1 Å². The third-order valence-electron chi connectivity index (χ3n) is 3.33. The molecule has 2 nitrogen and oxygen atoms in total. The van der Waals surface area contributed by atoms with Gasteiger partial charge >= 0.3 is 0 Å². The lowest BCUT2D eigenvalue weighted by molar-refractivity contribution is 0.616. The maximum absolute atomic E-state index is 13.4. The van der Waals surface area contributed by atoms with Crippen molar-refractivity contribution >= 4 is 21.6 Å². The van der Waals surface area contributed by atoms with E-state index in [2.05, 4.69) is 20.8 Å². The lowest BCUT2D eigenvalue weighted by Gasteiger charge is -2.32. The summed E-state index contributed by atoms with van der Waals surface area (Å²) in [6.45, 7) is 3.29. The normalized spacial score (nSPS) is 12.2. The highest BCUT2D eigenvalue weighted by Gasteiger charge is 2.18. The molecule has 0 aliphatic rings. The summed E-state index contributed by atoms with van der Waals surface area (Å²) in [6.07, 6.45) is 0. The van der Waals surface area contributed by atoms with Crippen LogP contribution >= 0.6 is 15.9 Å². The SMILES string of the molecule is CCN(c1cccc(F)c1)C(CN)c1ccc(Br)cc1. The van der Waals surface area contributed by atoms with E-state index in [1.54, 1.807) is 12.1 Å². The van der Waals surface area contributed by atoms with Crippen LogP contribution in [0.25, 0.3) is 0 Å². The molecule has 0 aromatic heterocycles. The molecule has 20 heavy (non-hydrogen) atoms. The summed E-state index contributed by atoms with van der Waals surface area (Å²) in [5.41, 5.74) is 7.93. The molecule has 0 amide bonds. The number of anilines is 1. The molecular formula is C16H18BrFN2. The van der Waals surface area contributed by atoms with Crippen molar-refractivity contribution in [2.45, 2.75) is 13.0 Å². The first-order valence-corrected chi connectivity index (χ1v) is 7.42. The predicted octanol–water partition coefficient (Wildman–Crippen LogP) is 4.11. The minimum absolute atomic E-state index is 0.0369. The lowest BCUT2D eigenvalue weighted by atomic mass is 10.0. The van der Waals surface area contributed by atoms with Crippen LogP contribution < -0.4 is 10.6 Å². The van der Waals surface area contributed by atoms with E-state index in [0.717, 1.165) is 22.3 Å². The second-order valence-electron chi connectivity index (χ2n) is 4.57. The standard InChI is InChI=1S/C16H18BrFN2/c1-2-20(15-5-3-4-14(18)10-15)16(11-19)12-6-8-13(17)9-7-12/h3-10,16H,2,11,19H2,1H3. The zero-order valence-corrected chi connectivity index (χ0v) is 13.0. The average molecular weight is 337 g/mol. The van der Waals surface area contributed by atoms with E-state index in [0.29, 0.717) is 6.54 Å². The third-order valence-corrected chi connectivity index (χ3v) is 3.86. The van der Waals surface area contributed by atoms with Gasteiger partial charge in [-0.3, -0.25) is 0 Å². The second-order valence-corrected chi connectivity index (χ2v) is 5.48. The molecule has 4 heteroatoms. The van der Waals surface area contributed by atoms with Crippen molar-refractivity contribution in [1.29, 1.82) is 0 Å². The van der Waals surface area contributed by atoms with E-state index in [-0.39, 0.29) is 11.9 Å². The molecule has 0 radical (unpaired) electrons. The third kappa shape index (κ3) is 3.38. The summed E-state index contributed by atoms with van der Waals surface area (Å²) in [7, 11) is 0. The summed E-state index contributed by atoms with van der Waals surface area (Å²) in [5.74, 6) is -0.229. The number of hydrogen-bond donors (Lipinski definition) is 1. The van der Waals surface area contributed by atoms with Crippen molar-refractivity contribution in [1.82, 2.24) is 0 Å². The van der Waals surface area contributed by atoms with Gasteiger partial charge in [0.15, 0.2) is 0 Å². The molecule has 1 unspecified atom stereocenters. The molecule has 0 aliphatic carbocycles. The largest absolute Gasteiger partial charge is 0.363 e. The first kappa shape index (κ1) is 15.0. The maximum atomic E-state index is 13.4. The Morgan fingerprint density at radius 1 is 1.20 bits per heavy atom. The van der Waals surface area contributed by atoms with Gasteiger partial charge in [-0.15, -0.1) is 0 Å². The van der Waals surface area contributed by atoms with E-state index >= 15 is 0 Å². The van der Waals surface area contributed by atoms with Crippen LogP contribution in [0.2, 0.25) is 0 Å². The molecule has 2 aromatic carbocycles. The Kier molecular flexibility index (Phi) is 5.15. The maximum Gasteiger partial charge on any atom is 0.125 e. The Hall–Kier alpha value is -1.39. The minimum atomic E-state index is -0.229. The van der Waals surface area contributed by atoms with Crippen LogP contribution in [-0.2, 0) is 0 Å². The number of hydrogen-bond acceptors (Lipinski definition) is 2. The van der Waals surface area contributed by atoms with E-state index in [9.17, 15) is 4.39 Å². The van der Waals surface area contributed by atoms with Gasteiger partial charge in [-0.2, -0.15) is 0 Å². The number of halogens is 2. The van der Waals surface area contributed by atoms with Crippen molar-refractivity contribution < 1.29 is 4.39 Å². The molecule has 0 fully saturated rings. The average Bonchev–Trinajstić information content (AvgIpc) is 2.46. The monoisotopic (exact) mass is 336 g/mol. The van der Waals surface area contributed by atoms with E-state index < -0.39 is 0 Å². The van der Waals surface area contributed by atoms with Gasteiger partial charge in [0.05, 0.1) is 6.04 Å². The molecule has 106 valence electrons. The number of benzene rings is 2. The van der Waals surface area contributed by atoms with Crippen LogP contribution in [0.4, 0.5) is 10.1 Å². The highest BCUT2D eigenvalue weighted by Crippen LogP contribution is 2.27. The molecule has 0 bridgehead atoms. The highest BCUT2D eigenvalue weighted by atomic mass is 79.9. The zero-order chi connectivity index (χ0) is 14.5. The molecule has 2 N–H and O–H groups in total. The second kappa shape index (κ2) is 6.86. The molecule has 0 aliphatic heterocycles. The van der Waals surface area contributed by atoms with E-state index in [1.165, 1.54) is 6.07 Å². The van der Waals surface area contributed by atoms with Crippen molar-refractivity contribution in [2.75, 3.05) is 18.0 Å². The van der Waals surface area contributed by atoms with Gasteiger partial charge < -0.3 is 10.6 Å². The van der Waals surface area contributed by atoms with Gasteiger partial charge in [0.1, 0.15) is 5.82 Å². The van der Waals surface area contributed by atoms with Crippen molar-refractivity contribution in [3.63, 3.8) is 0 Å². The van der Waals surface area contributed by atoms with E-state index in [4.69, 9.17) is 5.73 Å². The fourth-order valence-electron chi connectivity index (χ4n) is 2.37. The molecule has 0 spiro atoms. The molecule has 2 rings (SSSR count). The highest BCUT2D eigenvalue weighted by molar-refractivity contribution is 9.10. The smallest absolute Gasteiger partial charge is 0.125 e. The number of nitrogens with zero attached hydrogens (tertiary/aromatic N) is 1. The first-order chi connectivity index (χ1) is 9.65. The Balaban J connectivity index is 2.34. The topological polar surface area (TPSA) is 29.3 Å². The summed E-state index contributed by atoms with van der Waals surface area (Å²) < 4.78 is 14.5. The fourth-order valence-corrected chi connectivity index (χ4v) is 2.63. The molecule has 0 saturated heterocycles. The van der Waals surface area contributed by atoms with E-state index in [1.807, 2.05) is 37.3 Å². The van der Waals surface area contributed by atoms with Gasteiger partial charge in [-0.25, -0.2) is 4.39 Å². The predicted molar refractivity (Wildman–Crippen MR) is 85.4 cm³/mol. The molecule has 2 aromatic rings. The molecular weight excluding hydrogens is 319 g/mol. The number of rotatable bonds is 5. The van der Waals surface area contributed by atoms with Gasteiger partial charge in [-0.1, -0.05) is 34.1 Å². The Bertz CT molecular complexity index is 557. The minimum Gasteiger partial charge on any atom is -0.363 e. The van der Waals surface area contributed by atoms with Gasteiger partial charge in [-0.05, 0) is 42.8 Å². The molecule has 0 heterocycles. The van der Waals surface area contributed by atoms with Crippen molar-refractivity contribution in [3.05, 3.63) is 64.4 Å². The van der Waals surface area contributed by atoms with Crippen molar-refractivity contribution in [2.24, 2.45) is 5.73 Å². The number of nitrogens with two attached hydrogens (primary N) is 1. The summed E-state index contributed by atoms with van der Waals surface area (Å²) in [4.78, 5) is 2.12. The summed E-state index contributed by atoms with van der Waals surface area (Å²) in [6, 6.07) is 14.8. The quantitative estimate of drug-likeness (QED) is 0.889. The van der Waals surface area contributed by atoms with Gasteiger partial charge in [0.25, 0.3) is 0 Å². The summed E-state index contributed by atoms with van der Waals surface area (Å²) >= 11 is 3.43. The Morgan fingerprint density at radius 3 is 2.45 bits per heavy atom. The van der Waals surface area contributed by atoms with Gasteiger partial charge in [0.2, 0.25) is 0 Å². The van der Waals surface area contributed by atoms with Crippen LogP contribution in [0.15, 0.2) is 53.0 Å².